The van der Waals surface area contributed by atoms with Crippen molar-refractivity contribution >= 4 is 23.2 Å². The van der Waals surface area contributed by atoms with Gasteiger partial charge >= 0.3 is 0 Å². The van der Waals surface area contributed by atoms with Crippen molar-refractivity contribution in [1.82, 2.24) is 5.32 Å². The number of hydrogen-bond donors (Lipinski definition) is 2. The largest absolute Gasteiger partial charge is 0.392 e. The normalized spacial score (nSPS) is 13.1. The Hall–Kier alpha value is -0.280. The molecule has 0 amide bonds. The highest BCUT2D eigenvalue weighted by atomic mass is 35.5. The molecule has 0 aliphatic carbocycles. The summed E-state index contributed by atoms with van der Waals surface area (Å²) in [5.74, 6) is 0.501. The summed E-state index contributed by atoms with van der Waals surface area (Å²) in [7, 11) is 0. The van der Waals surface area contributed by atoms with Crippen LogP contribution in [0.3, 0.4) is 0 Å². The molecule has 0 saturated carbocycles. The molecule has 0 fully saturated rings. The molecule has 2 N–H and O–H groups in total. The minimum absolute atomic E-state index is 0.312. The van der Waals surface area contributed by atoms with Crippen LogP contribution in [0.2, 0.25) is 10.0 Å². The third-order valence-electron chi connectivity index (χ3n) is 2.45. The van der Waals surface area contributed by atoms with Crippen LogP contribution in [0.1, 0.15) is 25.8 Å². The molecule has 0 aliphatic rings. The van der Waals surface area contributed by atoms with Crippen LogP contribution in [-0.2, 0) is 6.54 Å². The summed E-state index contributed by atoms with van der Waals surface area (Å²) in [4.78, 5) is 0. The zero-order chi connectivity index (χ0) is 12.8. The Balaban J connectivity index is 2.38. The SMILES string of the molecule is CC(C)CC(O)CNCc1cc(Cl)ccc1Cl. The molecular weight excluding hydrogens is 257 g/mol. The van der Waals surface area contributed by atoms with Crippen molar-refractivity contribution in [2.75, 3.05) is 6.54 Å². The Morgan fingerprint density at radius 1 is 1.29 bits per heavy atom. The van der Waals surface area contributed by atoms with Crippen molar-refractivity contribution in [2.45, 2.75) is 32.9 Å². The lowest BCUT2D eigenvalue weighted by Gasteiger charge is -2.14. The summed E-state index contributed by atoms with van der Waals surface area (Å²) < 4.78 is 0. The highest BCUT2D eigenvalue weighted by Gasteiger charge is 2.07. The Morgan fingerprint density at radius 2 is 2.00 bits per heavy atom. The second-order valence-electron chi connectivity index (χ2n) is 4.65. The number of benzene rings is 1. The van der Waals surface area contributed by atoms with E-state index in [1.165, 1.54) is 0 Å². The standard InChI is InChI=1S/C13H19Cl2NO/c1-9(2)5-12(17)8-16-7-10-6-11(14)3-4-13(10)15/h3-4,6,9,12,16-17H,5,7-8H2,1-2H3. The van der Waals surface area contributed by atoms with Gasteiger partial charge in [0.1, 0.15) is 0 Å². The number of aliphatic hydroxyl groups excluding tert-OH is 1. The van der Waals surface area contributed by atoms with E-state index in [1.807, 2.05) is 6.07 Å². The zero-order valence-corrected chi connectivity index (χ0v) is 11.7. The van der Waals surface area contributed by atoms with E-state index in [1.54, 1.807) is 12.1 Å². The molecule has 0 radical (unpaired) electrons. The minimum atomic E-state index is -0.312. The van der Waals surface area contributed by atoms with Crippen LogP contribution < -0.4 is 5.32 Å². The molecule has 1 aromatic carbocycles. The quantitative estimate of drug-likeness (QED) is 0.833. The second kappa shape index (κ2) is 7.22. The van der Waals surface area contributed by atoms with Crippen LogP contribution in [0.5, 0.6) is 0 Å². The molecule has 96 valence electrons. The van der Waals surface area contributed by atoms with Crippen molar-refractivity contribution in [1.29, 1.82) is 0 Å². The number of nitrogens with one attached hydrogen (secondary N) is 1. The molecule has 0 aliphatic heterocycles. The Kier molecular flexibility index (Phi) is 6.28. The van der Waals surface area contributed by atoms with E-state index in [2.05, 4.69) is 19.2 Å². The predicted octanol–water partition coefficient (Wildman–Crippen LogP) is 3.49. The summed E-state index contributed by atoms with van der Waals surface area (Å²) >= 11 is 11.9. The van der Waals surface area contributed by atoms with E-state index < -0.39 is 0 Å². The summed E-state index contributed by atoms with van der Waals surface area (Å²) in [6.45, 7) is 5.38. The Labute approximate surface area is 113 Å². The maximum absolute atomic E-state index is 9.70. The van der Waals surface area contributed by atoms with Gasteiger partial charge in [-0.1, -0.05) is 37.0 Å². The van der Waals surface area contributed by atoms with Crippen LogP contribution in [0.4, 0.5) is 0 Å². The zero-order valence-electron chi connectivity index (χ0n) is 10.2. The van der Waals surface area contributed by atoms with Gasteiger partial charge in [0.05, 0.1) is 6.10 Å². The first-order chi connectivity index (χ1) is 7.99. The lowest BCUT2D eigenvalue weighted by atomic mass is 10.1. The predicted molar refractivity (Wildman–Crippen MR) is 73.6 cm³/mol. The molecule has 0 heterocycles. The summed E-state index contributed by atoms with van der Waals surface area (Å²) in [5.41, 5.74) is 0.955. The summed E-state index contributed by atoms with van der Waals surface area (Å²) in [6.07, 6.45) is 0.490. The van der Waals surface area contributed by atoms with Gasteiger partial charge in [0.2, 0.25) is 0 Å². The smallest absolute Gasteiger partial charge is 0.0667 e. The van der Waals surface area contributed by atoms with Crippen molar-refractivity contribution in [3.8, 4) is 0 Å². The van der Waals surface area contributed by atoms with Gasteiger partial charge in [-0.3, -0.25) is 0 Å². The maximum atomic E-state index is 9.70. The van der Waals surface area contributed by atoms with Crippen LogP contribution >= 0.6 is 23.2 Å². The van der Waals surface area contributed by atoms with E-state index >= 15 is 0 Å². The number of hydrogen-bond acceptors (Lipinski definition) is 2. The third kappa shape index (κ3) is 5.73. The lowest BCUT2D eigenvalue weighted by molar-refractivity contribution is 0.146. The third-order valence-corrected chi connectivity index (χ3v) is 3.05. The van der Waals surface area contributed by atoms with E-state index in [4.69, 9.17) is 23.2 Å². The summed E-state index contributed by atoms with van der Waals surface area (Å²) in [5, 5.41) is 14.3. The number of aliphatic hydroxyl groups is 1. The van der Waals surface area contributed by atoms with Gasteiger partial charge in [-0.2, -0.15) is 0 Å². The van der Waals surface area contributed by atoms with Crippen molar-refractivity contribution < 1.29 is 5.11 Å². The molecule has 1 rings (SSSR count). The lowest BCUT2D eigenvalue weighted by Crippen LogP contribution is -2.27. The molecule has 0 bridgehead atoms. The average molecular weight is 276 g/mol. The second-order valence-corrected chi connectivity index (χ2v) is 5.49. The van der Waals surface area contributed by atoms with Crippen LogP contribution in [0.15, 0.2) is 18.2 Å². The van der Waals surface area contributed by atoms with Gasteiger partial charge in [0.25, 0.3) is 0 Å². The van der Waals surface area contributed by atoms with Crippen LogP contribution in [0, 0.1) is 5.92 Å². The molecule has 0 saturated heterocycles. The van der Waals surface area contributed by atoms with E-state index in [0.717, 1.165) is 12.0 Å². The first-order valence-electron chi connectivity index (χ1n) is 5.81. The van der Waals surface area contributed by atoms with Gasteiger partial charge in [-0.05, 0) is 36.1 Å². The van der Waals surface area contributed by atoms with Gasteiger partial charge in [0.15, 0.2) is 0 Å². The fourth-order valence-corrected chi connectivity index (χ4v) is 2.06. The highest BCUT2D eigenvalue weighted by Crippen LogP contribution is 2.20. The van der Waals surface area contributed by atoms with Crippen molar-refractivity contribution in [3.63, 3.8) is 0 Å². The molecular formula is C13H19Cl2NO. The average Bonchev–Trinajstić information content (AvgIpc) is 2.22. The molecule has 0 aromatic heterocycles. The Bertz CT molecular complexity index is 355. The van der Waals surface area contributed by atoms with Crippen molar-refractivity contribution in [2.24, 2.45) is 5.92 Å². The topological polar surface area (TPSA) is 32.3 Å². The van der Waals surface area contributed by atoms with Crippen molar-refractivity contribution in [3.05, 3.63) is 33.8 Å². The van der Waals surface area contributed by atoms with Gasteiger partial charge < -0.3 is 10.4 Å². The fraction of sp³-hybridized carbons (Fsp3) is 0.538. The molecule has 0 spiro atoms. The Morgan fingerprint density at radius 3 is 2.65 bits per heavy atom. The number of rotatable bonds is 6. The molecule has 1 atom stereocenters. The van der Waals surface area contributed by atoms with Gasteiger partial charge in [0, 0.05) is 23.1 Å². The molecule has 4 heteroatoms. The monoisotopic (exact) mass is 275 g/mol. The molecule has 2 nitrogen and oxygen atoms in total. The molecule has 1 aromatic rings. The van der Waals surface area contributed by atoms with E-state index in [0.29, 0.717) is 29.1 Å². The number of halogens is 2. The summed E-state index contributed by atoms with van der Waals surface area (Å²) in [6, 6.07) is 5.39. The highest BCUT2D eigenvalue weighted by molar-refractivity contribution is 6.33. The minimum Gasteiger partial charge on any atom is -0.392 e. The molecule has 1 unspecified atom stereocenters. The van der Waals surface area contributed by atoms with E-state index in [-0.39, 0.29) is 6.10 Å². The van der Waals surface area contributed by atoms with Crippen LogP contribution in [0.25, 0.3) is 0 Å². The van der Waals surface area contributed by atoms with Gasteiger partial charge in [-0.15, -0.1) is 0 Å². The fourth-order valence-electron chi connectivity index (χ4n) is 1.68. The first-order valence-corrected chi connectivity index (χ1v) is 6.57. The van der Waals surface area contributed by atoms with Gasteiger partial charge in [-0.25, -0.2) is 0 Å². The maximum Gasteiger partial charge on any atom is 0.0667 e. The molecule has 17 heavy (non-hydrogen) atoms. The van der Waals surface area contributed by atoms with Crippen LogP contribution in [-0.4, -0.2) is 17.8 Å². The van der Waals surface area contributed by atoms with E-state index in [9.17, 15) is 5.11 Å². The first kappa shape index (κ1) is 14.8.